The number of likely N-dealkylation sites (N-methyl/N-ethyl adjacent to an activating group) is 1. The van der Waals surface area contributed by atoms with Crippen LogP contribution >= 0.6 is 0 Å². The number of hydrogen-bond acceptors (Lipinski definition) is 5. The van der Waals surface area contributed by atoms with Crippen molar-refractivity contribution in [3.8, 4) is 0 Å². The van der Waals surface area contributed by atoms with Gasteiger partial charge in [-0.2, -0.15) is 8.42 Å². The van der Waals surface area contributed by atoms with Crippen LogP contribution in [0.1, 0.15) is 12.5 Å². The van der Waals surface area contributed by atoms with Crippen LogP contribution in [0.5, 0.6) is 0 Å². The average Bonchev–Trinajstić information content (AvgIpc) is 2.71. The van der Waals surface area contributed by atoms with Crippen molar-refractivity contribution >= 4 is 27.7 Å². The minimum Gasteiger partial charge on any atom is -0.480 e. The summed E-state index contributed by atoms with van der Waals surface area (Å²) in [6, 6.07) is 5.29. The summed E-state index contributed by atoms with van der Waals surface area (Å²) >= 11 is 0. The Morgan fingerprint density at radius 2 is 2.00 bits per heavy atom. The van der Waals surface area contributed by atoms with Gasteiger partial charge in [-0.05, 0) is 19.1 Å². The van der Waals surface area contributed by atoms with Gasteiger partial charge in [0.1, 0.15) is 10.9 Å². The number of benzene rings is 1. The number of carbonyl (C=O) groups excluding carboxylic acids is 1. The second-order valence-corrected chi connectivity index (χ2v) is 6.44. The van der Waals surface area contributed by atoms with E-state index in [0.29, 0.717) is 5.56 Å². The molecule has 0 radical (unpaired) electrons. The van der Waals surface area contributed by atoms with Crippen molar-refractivity contribution in [2.24, 2.45) is 4.40 Å². The van der Waals surface area contributed by atoms with E-state index in [1.807, 2.05) is 0 Å². The highest BCUT2D eigenvalue weighted by Gasteiger charge is 2.31. The first-order valence-electron chi connectivity index (χ1n) is 6.40. The van der Waals surface area contributed by atoms with E-state index in [2.05, 4.69) is 9.71 Å². The van der Waals surface area contributed by atoms with Gasteiger partial charge in [0.15, 0.2) is 5.84 Å². The Bertz CT molecular complexity index is 757. The molecule has 118 valence electrons. The summed E-state index contributed by atoms with van der Waals surface area (Å²) in [6.07, 6.45) is 0. The predicted molar refractivity (Wildman–Crippen MR) is 78.0 cm³/mol. The largest absolute Gasteiger partial charge is 0.480 e. The quantitative estimate of drug-likeness (QED) is 0.782. The van der Waals surface area contributed by atoms with Crippen LogP contribution in [0.2, 0.25) is 0 Å². The second kappa shape index (κ2) is 5.76. The highest BCUT2D eigenvalue weighted by atomic mass is 32.2. The second-order valence-electron chi connectivity index (χ2n) is 4.87. The third kappa shape index (κ3) is 3.08. The van der Waals surface area contributed by atoms with Crippen LogP contribution in [-0.4, -0.2) is 55.8 Å². The van der Waals surface area contributed by atoms with Crippen molar-refractivity contribution in [1.82, 2.24) is 10.2 Å². The zero-order valence-electron chi connectivity index (χ0n) is 12.0. The van der Waals surface area contributed by atoms with Gasteiger partial charge in [0.25, 0.3) is 10.0 Å². The molecule has 2 N–H and O–H groups in total. The molecule has 1 aromatic carbocycles. The topological polar surface area (TPSA) is 116 Å². The van der Waals surface area contributed by atoms with Crippen molar-refractivity contribution < 1.29 is 23.1 Å². The number of nitrogens with zero attached hydrogens (tertiary/aromatic N) is 2. The number of amidine groups is 1. The molecule has 0 saturated heterocycles. The molecule has 1 atom stereocenters. The summed E-state index contributed by atoms with van der Waals surface area (Å²) in [4.78, 5) is 23.9. The summed E-state index contributed by atoms with van der Waals surface area (Å²) in [5, 5.41) is 11.0. The van der Waals surface area contributed by atoms with Gasteiger partial charge < -0.3 is 15.3 Å². The Hall–Kier alpha value is -2.42. The van der Waals surface area contributed by atoms with Crippen molar-refractivity contribution in [1.29, 1.82) is 0 Å². The molecule has 1 aliphatic heterocycles. The number of aliphatic carboxylic acids is 1. The highest BCUT2D eigenvalue weighted by molar-refractivity contribution is 7.90. The summed E-state index contributed by atoms with van der Waals surface area (Å²) in [7, 11) is -2.24. The lowest BCUT2D eigenvalue weighted by Gasteiger charge is -2.19. The maximum Gasteiger partial charge on any atom is 0.325 e. The Kier molecular flexibility index (Phi) is 4.18. The van der Waals surface area contributed by atoms with Crippen LogP contribution in [0, 0.1) is 0 Å². The SMILES string of the molecule is CC(NC(=O)CN(C)C1=NS(=O)(=O)c2ccccc21)C(=O)O. The first-order chi connectivity index (χ1) is 10.2. The van der Waals surface area contributed by atoms with E-state index in [1.165, 1.54) is 24.9 Å². The van der Waals surface area contributed by atoms with Gasteiger partial charge in [0.2, 0.25) is 5.91 Å². The zero-order valence-corrected chi connectivity index (χ0v) is 12.8. The van der Waals surface area contributed by atoms with Crippen molar-refractivity contribution in [3.05, 3.63) is 29.8 Å². The third-order valence-electron chi connectivity index (χ3n) is 3.10. The molecule has 8 nitrogen and oxygen atoms in total. The Labute approximate surface area is 127 Å². The maximum absolute atomic E-state index is 11.9. The fraction of sp³-hybridized carbons (Fsp3) is 0.308. The van der Waals surface area contributed by atoms with Crippen molar-refractivity contribution in [2.45, 2.75) is 17.9 Å². The van der Waals surface area contributed by atoms with Crippen LogP contribution < -0.4 is 5.32 Å². The van der Waals surface area contributed by atoms with Crippen LogP contribution in [0.15, 0.2) is 33.6 Å². The average molecular weight is 325 g/mol. The number of carboxylic acids is 1. The normalized spacial score (nSPS) is 16.4. The molecule has 1 heterocycles. The zero-order chi connectivity index (χ0) is 16.5. The van der Waals surface area contributed by atoms with E-state index >= 15 is 0 Å². The van der Waals surface area contributed by atoms with Gasteiger partial charge in [0.05, 0.1) is 6.54 Å². The molecule has 1 unspecified atom stereocenters. The molecule has 0 saturated carbocycles. The fourth-order valence-corrected chi connectivity index (χ4v) is 3.25. The molecule has 0 fully saturated rings. The Balaban J connectivity index is 2.16. The summed E-state index contributed by atoms with van der Waals surface area (Å²) in [6.45, 7) is 1.13. The lowest BCUT2D eigenvalue weighted by Crippen LogP contribution is -2.44. The molecule has 2 rings (SSSR count). The van der Waals surface area contributed by atoms with Gasteiger partial charge in [-0.15, -0.1) is 4.40 Å². The van der Waals surface area contributed by atoms with E-state index in [-0.39, 0.29) is 17.3 Å². The van der Waals surface area contributed by atoms with Gasteiger partial charge in [0, 0.05) is 12.6 Å². The predicted octanol–water partition coefficient (Wildman–Crippen LogP) is -0.343. The Morgan fingerprint density at radius 1 is 1.36 bits per heavy atom. The summed E-state index contributed by atoms with van der Waals surface area (Å²) < 4.78 is 27.5. The fourth-order valence-electron chi connectivity index (χ4n) is 2.00. The van der Waals surface area contributed by atoms with E-state index in [9.17, 15) is 18.0 Å². The van der Waals surface area contributed by atoms with E-state index < -0.39 is 27.9 Å². The molecule has 0 aliphatic carbocycles. The molecule has 1 aromatic rings. The van der Waals surface area contributed by atoms with Crippen LogP contribution in [-0.2, 0) is 19.6 Å². The Morgan fingerprint density at radius 3 is 2.64 bits per heavy atom. The minimum absolute atomic E-state index is 0.0937. The highest BCUT2D eigenvalue weighted by Crippen LogP contribution is 2.26. The van der Waals surface area contributed by atoms with Gasteiger partial charge in [-0.3, -0.25) is 9.59 Å². The number of carboxylic acid groups (broad SMARTS) is 1. The van der Waals surface area contributed by atoms with E-state index in [4.69, 9.17) is 5.11 Å². The number of nitrogens with one attached hydrogen (secondary N) is 1. The number of fused-ring (bicyclic) bond motifs is 1. The van der Waals surface area contributed by atoms with Gasteiger partial charge >= 0.3 is 5.97 Å². The minimum atomic E-state index is -3.75. The number of hydrogen-bond donors (Lipinski definition) is 2. The monoisotopic (exact) mass is 325 g/mol. The van der Waals surface area contributed by atoms with Gasteiger partial charge in [-0.25, -0.2) is 0 Å². The molecular weight excluding hydrogens is 310 g/mol. The number of carbonyl (C=O) groups is 2. The standard InChI is InChI=1S/C13H15N3O5S/c1-8(13(18)19)14-11(17)7-16(2)12-9-5-3-4-6-10(9)22(20,21)15-12/h3-6,8H,7H2,1-2H3,(H,14,17)(H,18,19). The number of rotatable bonds is 4. The molecule has 0 spiro atoms. The molecule has 1 amide bonds. The van der Waals surface area contributed by atoms with Crippen LogP contribution in [0.3, 0.4) is 0 Å². The molecule has 9 heteroatoms. The molecule has 1 aliphatic rings. The maximum atomic E-state index is 11.9. The van der Waals surface area contributed by atoms with Crippen molar-refractivity contribution in [3.63, 3.8) is 0 Å². The van der Waals surface area contributed by atoms with Crippen molar-refractivity contribution in [2.75, 3.05) is 13.6 Å². The molecular formula is C13H15N3O5S. The summed E-state index contributed by atoms with van der Waals surface area (Å²) in [5.74, 6) is -1.53. The summed E-state index contributed by atoms with van der Waals surface area (Å²) in [5.41, 5.74) is 0.420. The first kappa shape index (κ1) is 16.0. The first-order valence-corrected chi connectivity index (χ1v) is 7.84. The number of amides is 1. The lowest BCUT2D eigenvalue weighted by molar-refractivity contribution is -0.141. The molecule has 0 aromatic heterocycles. The third-order valence-corrected chi connectivity index (χ3v) is 4.43. The van der Waals surface area contributed by atoms with E-state index in [1.54, 1.807) is 18.2 Å². The van der Waals surface area contributed by atoms with Crippen LogP contribution in [0.25, 0.3) is 0 Å². The smallest absolute Gasteiger partial charge is 0.325 e. The lowest BCUT2D eigenvalue weighted by atomic mass is 10.2. The van der Waals surface area contributed by atoms with Gasteiger partial charge in [-0.1, -0.05) is 12.1 Å². The number of sulfonamides is 1. The molecule has 0 bridgehead atoms. The van der Waals surface area contributed by atoms with E-state index in [0.717, 1.165) is 0 Å². The molecule has 22 heavy (non-hydrogen) atoms. The van der Waals surface area contributed by atoms with Crippen LogP contribution in [0.4, 0.5) is 0 Å².